The van der Waals surface area contributed by atoms with Crippen molar-refractivity contribution in [2.24, 2.45) is 0 Å². The smallest absolute Gasteiger partial charge is 0.410 e. The lowest BCUT2D eigenvalue weighted by Crippen LogP contribution is -2.42. The number of amides is 3. The van der Waals surface area contributed by atoms with Gasteiger partial charge in [-0.1, -0.05) is 20.1 Å². The standard InChI is InChI=1S/C13H23NO4.C12H21NO4.C10H19NO4.C8H15NO2.C3H6.CH4O.CH4.ClH/c1-13(2,3)18-12(15)14-6-7-16-9-11(8-14)17-10-4-5-10;1-5-16-10-8-13(6-7-15-9-10)11(14)17-12(2,3)4;1-10(2,3)15-9(13)11-4-5-14-7-8(12)6-11;1-2-7(1)11-8-5-9-3-4-10-6-8;1-3-2;1-2;;/h10-11H,4-9H2,1-3H3;5,10H,1,6-9H2,2-4H3;8,12H,4-7H2,1-3H3;7-9H,1-6H2;3H,1H2,2H3;2H,1H3;1H4;1H. The molecule has 6 rings (SSSR count). The number of nitrogens with one attached hydrogen (secondary N) is 1. The van der Waals surface area contributed by atoms with E-state index in [-0.39, 0.29) is 57.4 Å². The first-order chi connectivity index (χ1) is 31.1. The van der Waals surface area contributed by atoms with Gasteiger partial charge in [0, 0.05) is 39.8 Å². The minimum absolute atomic E-state index is 0. The van der Waals surface area contributed by atoms with Crippen LogP contribution in [0.5, 0.6) is 0 Å². The largest absolute Gasteiger partial charge is 0.494 e. The molecule has 0 radical (unpaired) electrons. The number of rotatable bonds is 6. The fraction of sp³-hybridized carbons (Fsp3) is 0.854. The van der Waals surface area contributed by atoms with E-state index in [4.69, 9.17) is 52.5 Å². The Bertz CT molecular complexity index is 1350. The molecular weight excluding hydrogens is 908 g/mol. The van der Waals surface area contributed by atoms with Gasteiger partial charge in [0.05, 0.1) is 109 Å². The van der Waals surface area contributed by atoms with E-state index in [2.05, 4.69) is 18.5 Å². The third-order valence-corrected chi connectivity index (χ3v) is 8.87. The molecule has 0 bridgehead atoms. The average Bonchev–Trinajstić information content (AvgIpc) is 4.10. The first-order valence-corrected chi connectivity index (χ1v) is 23.3. The number of hydrogen-bond acceptors (Lipinski definition) is 16. The summed E-state index contributed by atoms with van der Waals surface area (Å²) < 4.78 is 53.9. The van der Waals surface area contributed by atoms with Gasteiger partial charge >= 0.3 is 18.3 Å². The van der Waals surface area contributed by atoms with Gasteiger partial charge < -0.3 is 77.6 Å². The Morgan fingerprint density at radius 3 is 1.35 bits per heavy atom. The maximum absolute atomic E-state index is 12.0. The van der Waals surface area contributed by atoms with E-state index in [9.17, 15) is 19.5 Å². The van der Waals surface area contributed by atoms with Crippen LogP contribution in [0.1, 0.15) is 102 Å². The van der Waals surface area contributed by atoms with Gasteiger partial charge in [-0.3, -0.25) is 0 Å². The zero-order chi connectivity index (χ0) is 49.8. The predicted octanol–water partition coefficient (Wildman–Crippen LogP) is 6.21. The van der Waals surface area contributed by atoms with Crippen molar-refractivity contribution in [2.75, 3.05) is 112 Å². The number of carbonyl (C=O) groups excluding carboxylic acids is 3. The lowest BCUT2D eigenvalue weighted by molar-refractivity contribution is -0.0199. The van der Waals surface area contributed by atoms with Crippen molar-refractivity contribution in [3.8, 4) is 0 Å². The molecule has 4 heterocycles. The second-order valence-corrected chi connectivity index (χ2v) is 19.2. The van der Waals surface area contributed by atoms with Gasteiger partial charge in [-0.25, -0.2) is 14.4 Å². The summed E-state index contributed by atoms with van der Waals surface area (Å²) in [4.78, 5) is 40.3. The molecule has 4 atom stereocenters. The molecule has 402 valence electrons. The number of allylic oxidation sites excluding steroid dienone is 1. The van der Waals surface area contributed by atoms with Crippen LogP contribution in [0.4, 0.5) is 14.4 Å². The van der Waals surface area contributed by atoms with Crippen LogP contribution in [0.3, 0.4) is 0 Å². The first kappa shape index (κ1) is 67.1. The average molecular weight is 1000 g/mol. The van der Waals surface area contributed by atoms with E-state index in [1.807, 2.05) is 69.2 Å². The van der Waals surface area contributed by atoms with Crippen molar-refractivity contribution < 1.29 is 72.0 Å². The van der Waals surface area contributed by atoms with Gasteiger partial charge in [0.15, 0.2) is 0 Å². The van der Waals surface area contributed by atoms with Crippen LogP contribution in [0.15, 0.2) is 25.5 Å². The van der Waals surface area contributed by atoms with E-state index < -0.39 is 29.0 Å². The van der Waals surface area contributed by atoms with Gasteiger partial charge in [-0.05, 0) is 94.9 Å². The van der Waals surface area contributed by atoms with E-state index in [1.165, 1.54) is 24.0 Å². The highest BCUT2D eigenvalue weighted by atomic mass is 35.5. The van der Waals surface area contributed by atoms with E-state index in [0.717, 1.165) is 46.3 Å². The third-order valence-electron chi connectivity index (χ3n) is 8.87. The van der Waals surface area contributed by atoms with Crippen LogP contribution in [-0.2, 0) is 47.4 Å². The van der Waals surface area contributed by atoms with Gasteiger partial charge in [0.2, 0.25) is 0 Å². The van der Waals surface area contributed by atoms with Crippen molar-refractivity contribution in [3.63, 3.8) is 0 Å². The molecule has 68 heavy (non-hydrogen) atoms. The van der Waals surface area contributed by atoms with Crippen LogP contribution in [0, 0.1) is 0 Å². The molecule has 2 aliphatic carbocycles. The number of β-amino-alcohol motifs (C(OH)–C–C–N with tert-alkyl or cyclic N) is 1. The quantitative estimate of drug-likeness (QED) is 0.154. The van der Waals surface area contributed by atoms with Crippen molar-refractivity contribution in [2.45, 2.75) is 156 Å². The Hall–Kier alpha value is -2.98. The van der Waals surface area contributed by atoms with E-state index >= 15 is 0 Å². The minimum Gasteiger partial charge on any atom is -0.494 e. The molecule has 0 aromatic heterocycles. The molecule has 0 aromatic rings. The fourth-order valence-corrected chi connectivity index (χ4v) is 5.85. The summed E-state index contributed by atoms with van der Waals surface area (Å²) in [7, 11) is 1.00. The van der Waals surface area contributed by atoms with E-state index in [0.29, 0.717) is 84.1 Å². The zero-order valence-corrected chi connectivity index (χ0v) is 43.4. The second-order valence-electron chi connectivity index (χ2n) is 19.2. The maximum atomic E-state index is 12.0. The molecule has 2 saturated carbocycles. The molecule has 3 amide bonds. The lowest BCUT2D eigenvalue weighted by atomic mass is 10.2. The van der Waals surface area contributed by atoms with Gasteiger partial charge in [0.25, 0.3) is 0 Å². The molecule has 0 aromatic carbocycles. The summed E-state index contributed by atoms with van der Waals surface area (Å²) in [5, 5.41) is 19.7. The van der Waals surface area contributed by atoms with Crippen molar-refractivity contribution in [1.82, 2.24) is 20.0 Å². The molecule has 3 N–H and O–H groups in total. The molecule has 19 nitrogen and oxygen atoms in total. The number of nitrogens with zero attached hydrogens (tertiary/aromatic N) is 3. The van der Waals surface area contributed by atoms with Gasteiger partial charge in [-0.15, -0.1) is 19.0 Å². The highest BCUT2D eigenvalue weighted by Crippen LogP contribution is 2.26. The van der Waals surface area contributed by atoms with Crippen LogP contribution >= 0.6 is 12.4 Å². The number of halogens is 1. The molecule has 4 unspecified atom stereocenters. The van der Waals surface area contributed by atoms with Crippen LogP contribution < -0.4 is 5.32 Å². The molecular formula is C48H93ClN4O15. The molecule has 4 aliphatic heterocycles. The second kappa shape index (κ2) is 36.0. The van der Waals surface area contributed by atoms with E-state index in [1.54, 1.807) is 15.9 Å². The summed E-state index contributed by atoms with van der Waals surface area (Å²) in [6, 6.07) is 0. The number of carbonyl (C=O) groups is 3. The topological polar surface area (TPSA) is 206 Å². The van der Waals surface area contributed by atoms with Crippen molar-refractivity contribution in [1.29, 1.82) is 0 Å². The first-order valence-electron chi connectivity index (χ1n) is 23.3. The number of hydrogen-bond donors (Lipinski definition) is 3. The van der Waals surface area contributed by atoms with Crippen LogP contribution in [0.2, 0.25) is 0 Å². The number of ether oxygens (including phenoxy) is 10. The molecule has 6 fully saturated rings. The fourth-order valence-electron chi connectivity index (χ4n) is 5.85. The highest BCUT2D eigenvalue weighted by Gasteiger charge is 2.32. The lowest BCUT2D eigenvalue weighted by Gasteiger charge is -2.27. The monoisotopic (exact) mass is 1000 g/mol. The summed E-state index contributed by atoms with van der Waals surface area (Å²) in [6.45, 7) is 34.5. The highest BCUT2D eigenvalue weighted by molar-refractivity contribution is 5.85. The Morgan fingerprint density at radius 2 is 0.941 bits per heavy atom. The molecule has 6 aliphatic rings. The Morgan fingerprint density at radius 1 is 0.588 bits per heavy atom. The van der Waals surface area contributed by atoms with Gasteiger partial charge in [0.1, 0.15) is 22.9 Å². The Kier molecular flexibility index (Phi) is 35.5. The molecule has 4 saturated heterocycles. The zero-order valence-electron chi connectivity index (χ0n) is 42.6. The summed E-state index contributed by atoms with van der Waals surface area (Å²) in [6.07, 6.45) is 7.25. The SMILES string of the molecule is C.C1COCC(OC2CC2)CN1.C=CC.C=COC1COCCN(C(=O)OC(C)(C)C)C1.CC(C)(C)OC(=O)N1CCOCC(O)C1.CC(C)(C)OC(=O)N1CCOCC(OC2CC2)C1.CO.Cl. The summed E-state index contributed by atoms with van der Waals surface area (Å²) >= 11 is 0. The summed E-state index contributed by atoms with van der Waals surface area (Å²) in [5.74, 6) is 0. The van der Waals surface area contributed by atoms with Crippen LogP contribution in [0.25, 0.3) is 0 Å². The normalized spacial score (nSPS) is 23.0. The Labute approximate surface area is 415 Å². The molecule has 0 spiro atoms. The Balaban J connectivity index is 0. The van der Waals surface area contributed by atoms with Gasteiger partial charge in [-0.2, -0.15) is 0 Å². The van der Waals surface area contributed by atoms with Crippen molar-refractivity contribution >= 4 is 30.7 Å². The third kappa shape index (κ3) is 35.2. The van der Waals surface area contributed by atoms with Crippen molar-refractivity contribution in [3.05, 3.63) is 25.5 Å². The van der Waals surface area contributed by atoms with Crippen LogP contribution in [-0.4, -0.2) is 209 Å². The summed E-state index contributed by atoms with van der Waals surface area (Å²) in [5.41, 5.74) is -1.45. The molecule has 20 heteroatoms. The number of aliphatic hydroxyl groups excluding tert-OH is 2. The minimum atomic E-state index is -0.625. The number of aliphatic hydroxyl groups is 2. The maximum Gasteiger partial charge on any atom is 0.410 e. The predicted molar refractivity (Wildman–Crippen MR) is 264 cm³/mol.